The summed E-state index contributed by atoms with van der Waals surface area (Å²) in [5, 5.41) is 0. The van der Waals surface area contributed by atoms with E-state index in [1.807, 2.05) is 0 Å². The summed E-state index contributed by atoms with van der Waals surface area (Å²) in [6.07, 6.45) is 12.6. The molecule has 0 aromatic heterocycles. The molecule has 3 aliphatic carbocycles. The molecular formula is C16H27NS. The van der Waals surface area contributed by atoms with Gasteiger partial charge in [-0.2, -0.15) is 0 Å². The van der Waals surface area contributed by atoms with Crippen molar-refractivity contribution in [1.82, 2.24) is 0 Å². The van der Waals surface area contributed by atoms with Gasteiger partial charge in [-0.15, -0.1) is 0 Å². The van der Waals surface area contributed by atoms with Gasteiger partial charge >= 0.3 is 0 Å². The molecule has 0 aliphatic heterocycles. The summed E-state index contributed by atoms with van der Waals surface area (Å²) in [5.41, 5.74) is 6.31. The lowest BCUT2D eigenvalue weighted by atomic mass is 9.63. The van der Waals surface area contributed by atoms with Crippen LogP contribution < -0.4 is 5.73 Å². The van der Waals surface area contributed by atoms with E-state index in [1.165, 1.54) is 32.1 Å². The molecular weight excluding hydrogens is 238 g/mol. The van der Waals surface area contributed by atoms with Crippen LogP contribution in [0.15, 0.2) is 0 Å². The van der Waals surface area contributed by atoms with Crippen LogP contribution in [0.4, 0.5) is 0 Å². The lowest BCUT2D eigenvalue weighted by Gasteiger charge is -2.42. The van der Waals surface area contributed by atoms with Gasteiger partial charge in [0.05, 0.1) is 4.99 Å². The SMILES string of the molecule is CC1CC2CC3CC(CCCCC(N)=S)(C1)CC23. The van der Waals surface area contributed by atoms with Gasteiger partial charge in [-0.1, -0.05) is 25.6 Å². The van der Waals surface area contributed by atoms with Crippen molar-refractivity contribution in [3.05, 3.63) is 0 Å². The lowest BCUT2D eigenvalue weighted by molar-refractivity contribution is 0.0731. The van der Waals surface area contributed by atoms with Crippen molar-refractivity contribution in [2.45, 2.75) is 64.7 Å². The lowest BCUT2D eigenvalue weighted by Crippen LogP contribution is -2.34. The molecule has 102 valence electrons. The van der Waals surface area contributed by atoms with E-state index in [1.54, 1.807) is 19.3 Å². The maximum atomic E-state index is 5.59. The Morgan fingerprint density at radius 3 is 2.78 bits per heavy atom. The van der Waals surface area contributed by atoms with Crippen molar-refractivity contribution in [2.75, 3.05) is 0 Å². The van der Waals surface area contributed by atoms with E-state index in [9.17, 15) is 0 Å². The van der Waals surface area contributed by atoms with Crippen LogP contribution in [0.25, 0.3) is 0 Å². The molecule has 0 spiro atoms. The molecule has 2 bridgehead atoms. The summed E-state index contributed by atoms with van der Waals surface area (Å²) in [4.78, 5) is 0.702. The van der Waals surface area contributed by atoms with Crippen LogP contribution in [0.3, 0.4) is 0 Å². The number of nitrogens with two attached hydrogens (primary N) is 1. The molecule has 0 heterocycles. The molecule has 3 fully saturated rings. The first-order valence-corrected chi connectivity index (χ1v) is 8.27. The summed E-state index contributed by atoms with van der Waals surface area (Å²) in [6, 6.07) is 0. The predicted molar refractivity (Wildman–Crippen MR) is 80.4 cm³/mol. The zero-order chi connectivity index (χ0) is 12.8. The average molecular weight is 265 g/mol. The van der Waals surface area contributed by atoms with Crippen LogP contribution in [0.5, 0.6) is 0 Å². The van der Waals surface area contributed by atoms with Crippen LogP contribution >= 0.6 is 12.2 Å². The molecule has 1 nitrogen and oxygen atoms in total. The standard InChI is InChI=1S/C16H27NS/c1-11-6-12-7-13-9-16(8-11,10-14(12)13)5-3-2-4-15(17)18/h11-14H,2-10H2,1H3,(H2,17,18). The number of hydrogen-bond donors (Lipinski definition) is 1. The van der Waals surface area contributed by atoms with Crippen molar-refractivity contribution < 1.29 is 0 Å². The Balaban J connectivity index is 1.57. The normalized spacial score (nSPS) is 45.4. The highest BCUT2D eigenvalue weighted by Gasteiger charge is 2.55. The zero-order valence-corrected chi connectivity index (χ0v) is 12.5. The van der Waals surface area contributed by atoms with Crippen molar-refractivity contribution in [3.8, 4) is 0 Å². The van der Waals surface area contributed by atoms with Crippen LogP contribution in [-0.2, 0) is 0 Å². The van der Waals surface area contributed by atoms with Gasteiger partial charge in [0.2, 0.25) is 0 Å². The Morgan fingerprint density at radius 1 is 1.17 bits per heavy atom. The van der Waals surface area contributed by atoms with E-state index < -0.39 is 0 Å². The molecule has 0 aromatic carbocycles. The first-order chi connectivity index (χ1) is 8.58. The third-order valence-corrected chi connectivity index (χ3v) is 6.25. The molecule has 5 atom stereocenters. The summed E-state index contributed by atoms with van der Waals surface area (Å²) < 4.78 is 0. The fourth-order valence-corrected chi connectivity index (χ4v) is 5.66. The Morgan fingerprint density at radius 2 is 2.00 bits per heavy atom. The van der Waals surface area contributed by atoms with Crippen LogP contribution in [0, 0.1) is 29.1 Å². The summed E-state index contributed by atoms with van der Waals surface area (Å²) >= 11 is 4.97. The van der Waals surface area contributed by atoms with Gasteiger partial charge in [0, 0.05) is 0 Å². The molecule has 5 unspecified atom stereocenters. The smallest absolute Gasteiger partial charge is 0.0727 e. The second kappa shape index (κ2) is 4.77. The molecule has 2 heteroatoms. The van der Waals surface area contributed by atoms with Gasteiger partial charge in [0.1, 0.15) is 0 Å². The maximum Gasteiger partial charge on any atom is 0.0727 e. The number of fused-ring (bicyclic) bond motifs is 1. The number of thiocarbonyl (C=S) groups is 1. The maximum absolute atomic E-state index is 5.59. The van der Waals surface area contributed by atoms with Crippen LogP contribution in [0.2, 0.25) is 0 Å². The third-order valence-electron chi connectivity index (χ3n) is 6.05. The van der Waals surface area contributed by atoms with Gasteiger partial charge in [0.15, 0.2) is 0 Å². The van der Waals surface area contributed by atoms with E-state index in [0.29, 0.717) is 4.99 Å². The Hall–Kier alpha value is -0.110. The first-order valence-electron chi connectivity index (χ1n) is 7.86. The second-order valence-electron chi connectivity index (χ2n) is 7.55. The molecule has 2 N–H and O–H groups in total. The number of hydrogen-bond acceptors (Lipinski definition) is 1. The monoisotopic (exact) mass is 265 g/mol. The molecule has 0 amide bonds. The van der Waals surface area contributed by atoms with Crippen molar-refractivity contribution in [2.24, 2.45) is 34.8 Å². The third kappa shape index (κ3) is 2.33. The molecule has 3 aliphatic rings. The summed E-state index contributed by atoms with van der Waals surface area (Å²) in [5.74, 6) is 4.30. The van der Waals surface area contributed by atoms with Gasteiger partial charge in [-0.05, 0) is 80.5 Å². The van der Waals surface area contributed by atoms with Crippen molar-refractivity contribution >= 4 is 17.2 Å². The van der Waals surface area contributed by atoms with Crippen molar-refractivity contribution in [3.63, 3.8) is 0 Å². The van der Waals surface area contributed by atoms with Crippen molar-refractivity contribution in [1.29, 1.82) is 0 Å². The van der Waals surface area contributed by atoms with Crippen LogP contribution in [0.1, 0.15) is 64.7 Å². The predicted octanol–water partition coefficient (Wildman–Crippen LogP) is 4.30. The number of rotatable bonds is 5. The van der Waals surface area contributed by atoms with Crippen LogP contribution in [-0.4, -0.2) is 4.99 Å². The first kappa shape index (κ1) is 12.9. The minimum atomic E-state index is 0.702. The van der Waals surface area contributed by atoms with E-state index in [-0.39, 0.29) is 0 Å². The molecule has 3 saturated carbocycles. The second-order valence-corrected chi connectivity index (χ2v) is 8.07. The molecule has 18 heavy (non-hydrogen) atoms. The van der Waals surface area contributed by atoms with E-state index in [2.05, 4.69) is 6.92 Å². The summed E-state index contributed by atoms with van der Waals surface area (Å²) in [7, 11) is 0. The fourth-order valence-electron chi connectivity index (χ4n) is 5.52. The van der Waals surface area contributed by atoms with Gasteiger partial charge < -0.3 is 5.73 Å². The summed E-state index contributed by atoms with van der Waals surface area (Å²) in [6.45, 7) is 2.49. The zero-order valence-electron chi connectivity index (χ0n) is 11.7. The highest BCUT2D eigenvalue weighted by Crippen LogP contribution is 2.65. The minimum absolute atomic E-state index is 0.702. The van der Waals surface area contributed by atoms with Gasteiger partial charge in [-0.3, -0.25) is 0 Å². The quantitative estimate of drug-likeness (QED) is 0.592. The molecule has 0 saturated heterocycles. The minimum Gasteiger partial charge on any atom is -0.393 e. The van der Waals surface area contributed by atoms with E-state index in [0.717, 1.165) is 35.5 Å². The number of unbranched alkanes of at least 4 members (excludes halogenated alkanes) is 1. The highest BCUT2D eigenvalue weighted by atomic mass is 32.1. The molecule has 3 rings (SSSR count). The van der Waals surface area contributed by atoms with Gasteiger partial charge in [-0.25, -0.2) is 0 Å². The Bertz CT molecular complexity index is 336. The Labute approximate surface area is 117 Å². The molecule has 0 aromatic rings. The fraction of sp³-hybridized carbons (Fsp3) is 0.938. The average Bonchev–Trinajstić information content (AvgIpc) is 2.48. The Kier molecular flexibility index (Phi) is 3.42. The van der Waals surface area contributed by atoms with E-state index in [4.69, 9.17) is 18.0 Å². The topological polar surface area (TPSA) is 26.0 Å². The molecule has 0 radical (unpaired) electrons. The van der Waals surface area contributed by atoms with Gasteiger partial charge in [0.25, 0.3) is 0 Å². The van der Waals surface area contributed by atoms with E-state index >= 15 is 0 Å². The largest absolute Gasteiger partial charge is 0.393 e. The highest BCUT2D eigenvalue weighted by molar-refractivity contribution is 7.80.